The third-order valence-electron chi connectivity index (χ3n) is 1.76. The number of alkyl carbamates (subject to hydrolysis) is 2. The molecule has 0 aromatic carbocycles. The average Bonchev–Trinajstić information content (AvgIpc) is 2.37. The molecule has 2 N–H and O–H groups in total. The molecule has 0 rings (SSSR count). The molecule has 0 spiro atoms. The molecule has 6 nitrogen and oxygen atoms in total. The molecule has 0 bridgehead atoms. The molecule has 18 heavy (non-hydrogen) atoms. The largest absolute Gasteiger partial charge is 0.448 e. The molecule has 0 aliphatic carbocycles. The van der Waals surface area contributed by atoms with Crippen molar-refractivity contribution in [2.24, 2.45) is 0 Å². The number of hydrogen-bond acceptors (Lipinski definition) is 4. The molecule has 2 amide bonds. The van der Waals surface area contributed by atoms with Gasteiger partial charge in [-0.05, 0) is 12.8 Å². The molecule has 0 saturated heterocycles. The molecule has 8 heteroatoms. The van der Waals surface area contributed by atoms with Gasteiger partial charge >= 0.3 is 12.2 Å². The molecule has 0 unspecified atom stereocenters. The van der Waals surface area contributed by atoms with Crippen LogP contribution in [0.4, 0.5) is 9.59 Å². The van der Waals surface area contributed by atoms with Gasteiger partial charge in [0.05, 0.1) is 11.8 Å². The lowest BCUT2D eigenvalue weighted by Crippen LogP contribution is -2.28. The number of unbranched alkanes of at least 4 members (excludes halogenated alkanes) is 1. The Hall–Kier alpha value is -0.880. The SMILES string of the molecule is O=C(NCCCCNC(=O)OCCCl)OCCCl. The molecule has 0 aliphatic rings. The van der Waals surface area contributed by atoms with Gasteiger partial charge in [-0.25, -0.2) is 9.59 Å². The van der Waals surface area contributed by atoms with E-state index in [1.165, 1.54) is 0 Å². The summed E-state index contributed by atoms with van der Waals surface area (Å²) in [5.74, 6) is 0.559. The van der Waals surface area contributed by atoms with E-state index in [-0.39, 0.29) is 25.0 Å². The first-order chi connectivity index (χ1) is 8.70. The number of halogens is 2. The van der Waals surface area contributed by atoms with Crippen molar-refractivity contribution >= 4 is 35.4 Å². The number of rotatable bonds is 9. The van der Waals surface area contributed by atoms with E-state index in [1.807, 2.05) is 0 Å². The van der Waals surface area contributed by atoms with Crippen LogP contribution in [-0.4, -0.2) is 50.2 Å². The monoisotopic (exact) mass is 300 g/mol. The van der Waals surface area contributed by atoms with E-state index >= 15 is 0 Å². The summed E-state index contributed by atoms with van der Waals surface area (Å²) in [5.41, 5.74) is 0. The van der Waals surface area contributed by atoms with Crippen LogP contribution in [0.25, 0.3) is 0 Å². The molecule has 0 atom stereocenters. The number of carbonyl (C=O) groups is 2. The zero-order valence-corrected chi connectivity index (χ0v) is 11.6. The minimum absolute atomic E-state index is 0.196. The standard InChI is InChI=1S/C10H18Cl2N2O4/c11-3-7-17-9(15)13-5-1-2-6-14-10(16)18-8-4-12/h1-8H2,(H,13,15)(H,14,16). The van der Waals surface area contributed by atoms with Gasteiger partial charge in [0, 0.05) is 13.1 Å². The summed E-state index contributed by atoms with van der Waals surface area (Å²) < 4.78 is 9.39. The second kappa shape index (κ2) is 12.6. The van der Waals surface area contributed by atoms with Gasteiger partial charge in [-0.2, -0.15) is 0 Å². The summed E-state index contributed by atoms with van der Waals surface area (Å²) in [6, 6.07) is 0. The van der Waals surface area contributed by atoms with Crippen molar-refractivity contribution < 1.29 is 19.1 Å². The van der Waals surface area contributed by atoms with Gasteiger partial charge in [-0.15, -0.1) is 23.2 Å². The molecule has 106 valence electrons. The third kappa shape index (κ3) is 11.6. The fourth-order valence-electron chi connectivity index (χ4n) is 0.996. The first kappa shape index (κ1) is 17.1. The Bertz CT molecular complexity index is 218. The Morgan fingerprint density at radius 2 is 1.22 bits per heavy atom. The molecule has 0 heterocycles. The predicted molar refractivity (Wildman–Crippen MR) is 69.4 cm³/mol. The van der Waals surface area contributed by atoms with Crippen LogP contribution in [0.1, 0.15) is 12.8 Å². The van der Waals surface area contributed by atoms with Crippen LogP contribution in [0.3, 0.4) is 0 Å². The lowest BCUT2D eigenvalue weighted by atomic mass is 10.3. The van der Waals surface area contributed by atoms with Crippen molar-refractivity contribution in [3.05, 3.63) is 0 Å². The second-order valence-electron chi connectivity index (χ2n) is 3.21. The maximum absolute atomic E-state index is 11.0. The predicted octanol–water partition coefficient (Wildman–Crippen LogP) is 1.70. The summed E-state index contributed by atoms with van der Waals surface area (Å²) in [7, 11) is 0. The van der Waals surface area contributed by atoms with Gasteiger partial charge in [0.25, 0.3) is 0 Å². The number of carbonyl (C=O) groups excluding carboxylic acids is 2. The summed E-state index contributed by atoms with van der Waals surface area (Å²) in [4.78, 5) is 21.9. The fourth-order valence-corrected chi connectivity index (χ4v) is 1.15. The van der Waals surface area contributed by atoms with Crippen molar-refractivity contribution in [3.8, 4) is 0 Å². The van der Waals surface area contributed by atoms with Crippen molar-refractivity contribution in [1.82, 2.24) is 10.6 Å². The third-order valence-corrected chi connectivity index (χ3v) is 2.07. The van der Waals surface area contributed by atoms with Gasteiger partial charge in [-0.1, -0.05) is 0 Å². The number of alkyl halides is 2. The number of nitrogens with one attached hydrogen (secondary N) is 2. The van der Waals surface area contributed by atoms with E-state index in [1.54, 1.807) is 0 Å². The number of ether oxygens (including phenoxy) is 2. The maximum atomic E-state index is 11.0. The molecule has 0 saturated carbocycles. The van der Waals surface area contributed by atoms with Gasteiger partial charge in [0.15, 0.2) is 0 Å². The number of hydrogen-bond donors (Lipinski definition) is 2. The van der Waals surface area contributed by atoms with Crippen molar-refractivity contribution in [2.75, 3.05) is 38.1 Å². The maximum Gasteiger partial charge on any atom is 0.407 e. The van der Waals surface area contributed by atoms with Gasteiger partial charge in [0.2, 0.25) is 0 Å². The Morgan fingerprint density at radius 1 is 0.833 bits per heavy atom. The molecular formula is C10H18Cl2N2O4. The second-order valence-corrected chi connectivity index (χ2v) is 3.97. The summed E-state index contributed by atoms with van der Waals surface area (Å²) in [6.07, 6.45) is 0.493. The van der Waals surface area contributed by atoms with Crippen molar-refractivity contribution in [1.29, 1.82) is 0 Å². The lowest BCUT2D eigenvalue weighted by molar-refractivity contribution is 0.150. The van der Waals surface area contributed by atoms with Crippen molar-refractivity contribution in [3.63, 3.8) is 0 Å². The molecule has 0 aliphatic heterocycles. The summed E-state index contributed by atoms with van der Waals surface area (Å²) in [5, 5.41) is 5.12. The van der Waals surface area contributed by atoms with Gasteiger partial charge in [-0.3, -0.25) is 0 Å². The normalized spacial score (nSPS) is 9.67. The highest BCUT2D eigenvalue weighted by Gasteiger charge is 2.01. The van der Waals surface area contributed by atoms with Crippen LogP contribution in [0.5, 0.6) is 0 Å². The molecule has 0 fully saturated rings. The van der Waals surface area contributed by atoms with E-state index in [0.29, 0.717) is 13.1 Å². The first-order valence-corrected chi connectivity index (χ1v) is 6.70. The molecule has 0 radical (unpaired) electrons. The smallest absolute Gasteiger partial charge is 0.407 e. The Kier molecular flexibility index (Phi) is 12.0. The molecule has 0 aromatic rings. The van der Waals surface area contributed by atoms with Crippen LogP contribution in [0, 0.1) is 0 Å². The zero-order chi connectivity index (χ0) is 13.6. The summed E-state index contributed by atoms with van der Waals surface area (Å²) in [6.45, 7) is 1.36. The van der Waals surface area contributed by atoms with E-state index < -0.39 is 12.2 Å². The van der Waals surface area contributed by atoms with Crippen LogP contribution in [-0.2, 0) is 9.47 Å². The van der Waals surface area contributed by atoms with E-state index in [0.717, 1.165) is 12.8 Å². The van der Waals surface area contributed by atoms with E-state index in [4.69, 9.17) is 32.7 Å². The van der Waals surface area contributed by atoms with Gasteiger partial charge in [0.1, 0.15) is 13.2 Å². The Balaban J connectivity index is 3.25. The Labute approximate surface area is 116 Å². The van der Waals surface area contributed by atoms with Crippen LogP contribution >= 0.6 is 23.2 Å². The Morgan fingerprint density at radius 3 is 1.56 bits per heavy atom. The minimum Gasteiger partial charge on any atom is -0.448 e. The van der Waals surface area contributed by atoms with Crippen LogP contribution in [0.15, 0.2) is 0 Å². The molecular weight excluding hydrogens is 283 g/mol. The quantitative estimate of drug-likeness (QED) is 0.502. The highest BCUT2D eigenvalue weighted by atomic mass is 35.5. The molecule has 0 aromatic heterocycles. The highest BCUT2D eigenvalue weighted by molar-refractivity contribution is 6.18. The fraction of sp³-hybridized carbons (Fsp3) is 0.800. The van der Waals surface area contributed by atoms with E-state index in [9.17, 15) is 9.59 Å². The minimum atomic E-state index is -0.481. The zero-order valence-electron chi connectivity index (χ0n) is 10.0. The average molecular weight is 301 g/mol. The van der Waals surface area contributed by atoms with Crippen LogP contribution < -0.4 is 10.6 Å². The number of amides is 2. The first-order valence-electron chi connectivity index (χ1n) is 5.64. The lowest BCUT2D eigenvalue weighted by Gasteiger charge is -2.07. The van der Waals surface area contributed by atoms with Gasteiger partial charge < -0.3 is 20.1 Å². The summed E-state index contributed by atoms with van der Waals surface area (Å²) >= 11 is 10.7. The van der Waals surface area contributed by atoms with E-state index in [2.05, 4.69) is 10.6 Å². The topological polar surface area (TPSA) is 76.7 Å². The highest BCUT2D eigenvalue weighted by Crippen LogP contribution is 1.88. The van der Waals surface area contributed by atoms with Crippen LogP contribution in [0.2, 0.25) is 0 Å². The van der Waals surface area contributed by atoms with Crippen molar-refractivity contribution in [2.45, 2.75) is 12.8 Å².